The largest absolute Gasteiger partial charge is 0.393 e. The maximum Gasteiger partial charge on any atom is 0.0603 e. The normalized spacial score (nSPS) is 37.1. The van der Waals surface area contributed by atoms with Crippen LogP contribution in [0.3, 0.4) is 0 Å². The summed E-state index contributed by atoms with van der Waals surface area (Å²) in [5.41, 5.74) is 0.199. The Morgan fingerprint density at radius 3 is 2.21 bits per heavy atom. The van der Waals surface area contributed by atoms with Gasteiger partial charge >= 0.3 is 0 Å². The summed E-state index contributed by atoms with van der Waals surface area (Å²) in [6.07, 6.45) is 1.78. The van der Waals surface area contributed by atoms with Crippen LogP contribution in [0.25, 0.3) is 0 Å². The molecular weight excluding hydrogens is 174 g/mol. The van der Waals surface area contributed by atoms with E-state index in [1.54, 1.807) is 0 Å². The first-order valence-corrected chi connectivity index (χ1v) is 5.65. The summed E-state index contributed by atoms with van der Waals surface area (Å²) < 4.78 is 0. The van der Waals surface area contributed by atoms with Gasteiger partial charge in [0.1, 0.15) is 0 Å². The van der Waals surface area contributed by atoms with Crippen molar-refractivity contribution in [3.63, 3.8) is 0 Å². The van der Waals surface area contributed by atoms with Gasteiger partial charge in [-0.1, -0.05) is 6.92 Å². The topological polar surface area (TPSA) is 23.5 Å². The van der Waals surface area contributed by atoms with E-state index in [1.165, 1.54) is 0 Å². The monoisotopic (exact) mass is 199 g/mol. The molecule has 1 aliphatic heterocycles. The Balaban J connectivity index is 2.98. The van der Waals surface area contributed by atoms with E-state index in [0.717, 1.165) is 12.8 Å². The molecule has 1 saturated heterocycles. The number of nitrogens with zero attached hydrogens (tertiary/aromatic N) is 1. The van der Waals surface area contributed by atoms with Crippen molar-refractivity contribution in [1.82, 2.24) is 4.90 Å². The van der Waals surface area contributed by atoms with Crippen molar-refractivity contribution in [2.75, 3.05) is 7.05 Å². The van der Waals surface area contributed by atoms with Crippen LogP contribution < -0.4 is 0 Å². The average Bonchev–Trinajstić information content (AvgIpc) is 2.00. The summed E-state index contributed by atoms with van der Waals surface area (Å²) in [5.74, 6) is 0.389. The van der Waals surface area contributed by atoms with Gasteiger partial charge in [0.25, 0.3) is 0 Å². The Bertz CT molecular complexity index is 206. The third-order valence-corrected chi connectivity index (χ3v) is 4.29. The van der Waals surface area contributed by atoms with Gasteiger partial charge in [-0.05, 0) is 47.6 Å². The number of aliphatic hydroxyl groups is 1. The summed E-state index contributed by atoms with van der Waals surface area (Å²) in [4.78, 5) is 2.42. The lowest BCUT2D eigenvalue weighted by atomic mass is 9.70. The van der Waals surface area contributed by atoms with Gasteiger partial charge in [0.2, 0.25) is 0 Å². The van der Waals surface area contributed by atoms with Crippen LogP contribution in [-0.4, -0.2) is 34.2 Å². The molecule has 2 nitrogen and oxygen atoms in total. The fourth-order valence-corrected chi connectivity index (χ4v) is 3.06. The van der Waals surface area contributed by atoms with Crippen molar-refractivity contribution < 1.29 is 5.11 Å². The first-order chi connectivity index (χ1) is 6.23. The molecule has 0 saturated carbocycles. The van der Waals surface area contributed by atoms with Crippen molar-refractivity contribution in [2.45, 2.75) is 64.6 Å². The Morgan fingerprint density at radius 2 is 1.79 bits per heavy atom. The second kappa shape index (κ2) is 3.49. The van der Waals surface area contributed by atoms with Gasteiger partial charge in [-0.15, -0.1) is 0 Å². The molecule has 1 N–H and O–H groups in total. The van der Waals surface area contributed by atoms with E-state index in [0.29, 0.717) is 5.92 Å². The predicted molar refractivity (Wildman–Crippen MR) is 60.3 cm³/mol. The fourth-order valence-electron chi connectivity index (χ4n) is 3.06. The standard InChI is InChI=1S/C12H25NO/c1-7-9-10(14)8-11(2,3)13(6)12(9,4)5/h9-10,14H,7-8H2,1-6H3. The van der Waals surface area contributed by atoms with Crippen LogP contribution in [-0.2, 0) is 0 Å². The fraction of sp³-hybridized carbons (Fsp3) is 1.00. The molecule has 1 rings (SSSR count). The second-order valence-electron chi connectivity index (χ2n) is 5.81. The van der Waals surface area contributed by atoms with Gasteiger partial charge in [0, 0.05) is 17.0 Å². The van der Waals surface area contributed by atoms with Crippen LogP contribution in [0.15, 0.2) is 0 Å². The molecule has 14 heavy (non-hydrogen) atoms. The molecule has 0 bridgehead atoms. The maximum atomic E-state index is 10.1. The third kappa shape index (κ3) is 1.70. The van der Waals surface area contributed by atoms with Gasteiger partial charge in [-0.25, -0.2) is 0 Å². The Morgan fingerprint density at radius 1 is 1.29 bits per heavy atom. The van der Waals surface area contributed by atoms with E-state index in [4.69, 9.17) is 0 Å². The van der Waals surface area contributed by atoms with Crippen molar-refractivity contribution >= 4 is 0 Å². The van der Waals surface area contributed by atoms with Crippen LogP contribution in [0, 0.1) is 5.92 Å². The van der Waals surface area contributed by atoms with Crippen molar-refractivity contribution in [3.8, 4) is 0 Å². The van der Waals surface area contributed by atoms with E-state index in [1.807, 2.05) is 0 Å². The van der Waals surface area contributed by atoms with Crippen LogP contribution >= 0.6 is 0 Å². The highest BCUT2D eigenvalue weighted by molar-refractivity contribution is 5.03. The van der Waals surface area contributed by atoms with Gasteiger partial charge in [0.05, 0.1) is 6.10 Å². The lowest BCUT2D eigenvalue weighted by Gasteiger charge is -2.56. The van der Waals surface area contributed by atoms with Crippen molar-refractivity contribution in [2.24, 2.45) is 5.92 Å². The summed E-state index contributed by atoms with van der Waals surface area (Å²) >= 11 is 0. The molecule has 0 amide bonds. The Labute approximate surface area is 88.3 Å². The molecule has 0 aromatic carbocycles. The molecule has 1 aliphatic rings. The molecule has 0 radical (unpaired) electrons. The smallest absolute Gasteiger partial charge is 0.0603 e. The first kappa shape index (κ1) is 12.0. The molecule has 0 aliphatic carbocycles. The summed E-state index contributed by atoms with van der Waals surface area (Å²) in [6, 6.07) is 0. The molecule has 1 heterocycles. The first-order valence-electron chi connectivity index (χ1n) is 5.65. The number of hydrogen-bond donors (Lipinski definition) is 1. The maximum absolute atomic E-state index is 10.1. The molecular formula is C12H25NO. The van der Waals surface area contributed by atoms with Crippen molar-refractivity contribution in [3.05, 3.63) is 0 Å². The molecule has 2 heteroatoms. The molecule has 2 atom stereocenters. The zero-order valence-corrected chi connectivity index (χ0v) is 10.5. The highest BCUT2D eigenvalue weighted by Crippen LogP contribution is 2.42. The second-order valence-corrected chi connectivity index (χ2v) is 5.81. The van der Waals surface area contributed by atoms with Gasteiger partial charge in [-0.2, -0.15) is 0 Å². The summed E-state index contributed by atoms with van der Waals surface area (Å²) in [5, 5.41) is 10.1. The summed E-state index contributed by atoms with van der Waals surface area (Å²) in [6.45, 7) is 11.1. The van der Waals surface area contributed by atoms with Crippen LogP contribution in [0.4, 0.5) is 0 Å². The number of piperidine rings is 1. The highest BCUT2D eigenvalue weighted by Gasteiger charge is 2.48. The van der Waals surface area contributed by atoms with Gasteiger partial charge < -0.3 is 5.11 Å². The third-order valence-electron chi connectivity index (χ3n) is 4.29. The van der Waals surface area contributed by atoms with Crippen LogP contribution in [0.5, 0.6) is 0 Å². The minimum atomic E-state index is -0.152. The Kier molecular flexibility index (Phi) is 2.99. The van der Waals surface area contributed by atoms with E-state index >= 15 is 0 Å². The number of aliphatic hydroxyl groups excluding tert-OH is 1. The SMILES string of the molecule is CCC1C(O)CC(C)(C)N(C)C1(C)C. The molecule has 2 unspecified atom stereocenters. The quantitative estimate of drug-likeness (QED) is 0.700. The zero-order valence-electron chi connectivity index (χ0n) is 10.5. The minimum absolute atomic E-state index is 0.0932. The van der Waals surface area contributed by atoms with Gasteiger partial charge in [0.15, 0.2) is 0 Å². The highest BCUT2D eigenvalue weighted by atomic mass is 16.3. The number of hydrogen-bond acceptors (Lipinski definition) is 2. The predicted octanol–water partition coefficient (Wildman–Crippen LogP) is 2.27. The molecule has 0 aromatic rings. The zero-order chi connectivity index (χ0) is 11.1. The molecule has 84 valence electrons. The van der Waals surface area contributed by atoms with Crippen LogP contribution in [0.1, 0.15) is 47.5 Å². The van der Waals surface area contributed by atoms with E-state index in [-0.39, 0.29) is 17.2 Å². The average molecular weight is 199 g/mol. The number of rotatable bonds is 1. The Hall–Kier alpha value is -0.0800. The van der Waals surface area contributed by atoms with E-state index in [9.17, 15) is 5.11 Å². The summed E-state index contributed by atoms with van der Waals surface area (Å²) in [7, 11) is 2.18. The van der Waals surface area contributed by atoms with E-state index < -0.39 is 0 Å². The molecule has 0 spiro atoms. The lowest BCUT2D eigenvalue weighted by Crippen LogP contribution is -2.64. The number of likely N-dealkylation sites (tertiary alicyclic amines) is 1. The van der Waals surface area contributed by atoms with Crippen molar-refractivity contribution in [1.29, 1.82) is 0 Å². The van der Waals surface area contributed by atoms with E-state index in [2.05, 4.69) is 46.6 Å². The molecule has 1 fully saturated rings. The lowest BCUT2D eigenvalue weighted by molar-refractivity contribution is -0.112. The minimum Gasteiger partial charge on any atom is -0.393 e. The van der Waals surface area contributed by atoms with Crippen LogP contribution in [0.2, 0.25) is 0 Å². The van der Waals surface area contributed by atoms with Gasteiger partial charge in [-0.3, -0.25) is 4.90 Å². The molecule has 0 aromatic heterocycles.